The molecule has 0 bridgehead atoms. The van der Waals surface area contributed by atoms with Crippen molar-refractivity contribution in [3.63, 3.8) is 0 Å². The molecule has 1 N–H and O–H groups in total. The monoisotopic (exact) mass is 337 g/mol. The first kappa shape index (κ1) is 15.7. The van der Waals surface area contributed by atoms with E-state index in [4.69, 9.17) is 0 Å². The Balaban J connectivity index is 1.66. The minimum absolute atomic E-state index is 0.126. The zero-order chi connectivity index (χ0) is 16.4. The molecule has 10 heteroatoms. The second-order valence-corrected chi connectivity index (χ2v) is 7.36. The van der Waals surface area contributed by atoms with Gasteiger partial charge in [-0.3, -0.25) is 0 Å². The molecule has 3 rings (SSSR count). The van der Waals surface area contributed by atoms with Crippen molar-refractivity contribution in [1.29, 1.82) is 0 Å². The lowest BCUT2D eigenvalue weighted by molar-refractivity contribution is 0.382. The molecule has 2 aromatic rings. The first-order chi connectivity index (χ1) is 11.0. The molecule has 0 amide bonds. The lowest BCUT2D eigenvalue weighted by atomic mass is 10.3. The lowest BCUT2D eigenvalue weighted by Crippen LogP contribution is -2.49. The molecule has 0 spiro atoms. The molecule has 0 aliphatic carbocycles. The molecule has 3 heterocycles. The van der Waals surface area contributed by atoms with E-state index in [1.807, 2.05) is 36.0 Å². The summed E-state index contributed by atoms with van der Waals surface area (Å²) in [4.78, 5) is 10.3. The highest BCUT2D eigenvalue weighted by Crippen LogP contribution is 2.19. The van der Waals surface area contributed by atoms with Gasteiger partial charge in [-0.05, 0) is 12.1 Å². The average molecular weight is 337 g/mol. The average Bonchev–Trinajstić information content (AvgIpc) is 3.10. The number of nitrogens with zero attached hydrogens (tertiary/aromatic N) is 6. The summed E-state index contributed by atoms with van der Waals surface area (Å²) >= 11 is 0. The molecule has 23 heavy (non-hydrogen) atoms. The van der Waals surface area contributed by atoms with Crippen LogP contribution in [-0.2, 0) is 10.0 Å². The zero-order valence-corrected chi connectivity index (χ0v) is 13.9. The van der Waals surface area contributed by atoms with Crippen LogP contribution >= 0.6 is 0 Å². The fourth-order valence-electron chi connectivity index (χ4n) is 2.41. The number of H-pyrrole nitrogens is 1. The summed E-state index contributed by atoms with van der Waals surface area (Å²) < 4.78 is 26.3. The molecule has 0 atom stereocenters. The number of rotatable bonds is 4. The smallest absolute Gasteiger partial charge is 0.260 e. The van der Waals surface area contributed by atoms with Crippen molar-refractivity contribution in [2.45, 2.75) is 5.03 Å². The van der Waals surface area contributed by atoms with E-state index in [1.54, 1.807) is 0 Å². The number of sulfonamides is 1. The van der Waals surface area contributed by atoms with Crippen LogP contribution in [-0.4, -0.2) is 73.2 Å². The summed E-state index contributed by atoms with van der Waals surface area (Å²) in [7, 11) is 0.315. The van der Waals surface area contributed by atoms with Crippen LogP contribution in [0.5, 0.6) is 0 Å². The fourth-order valence-corrected chi connectivity index (χ4v) is 3.72. The quantitative estimate of drug-likeness (QED) is 0.823. The van der Waals surface area contributed by atoms with Crippen molar-refractivity contribution < 1.29 is 8.42 Å². The van der Waals surface area contributed by atoms with Crippen LogP contribution < -0.4 is 9.80 Å². The van der Waals surface area contributed by atoms with Crippen molar-refractivity contribution >= 4 is 21.7 Å². The highest BCUT2D eigenvalue weighted by Gasteiger charge is 2.29. The maximum absolute atomic E-state index is 12.4. The molecule has 124 valence electrons. The van der Waals surface area contributed by atoms with Crippen LogP contribution in [0.2, 0.25) is 0 Å². The molecule has 0 saturated carbocycles. The number of hydrogen-bond acceptors (Lipinski definition) is 7. The summed E-state index contributed by atoms with van der Waals surface area (Å²) in [5, 5.41) is 8.49. The summed E-state index contributed by atoms with van der Waals surface area (Å²) in [5.74, 6) is 1.54. The number of aromatic nitrogens is 4. The molecule has 1 aliphatic rings. The Morgan fingerprint density at radius 2 is 1.87 bits per heavy atom. The van der Waals surface area contributed by atoms with E-state index in [0.717, 1.165) is 11.6 Å². The fraction of sp³-hybridized carbons (Fsp3) is 0.462. The zero-order valence-electron chi connectivity index (χ0n) is 13.0. The first-order valence-electron chi connectivity index (χ1n) is 7.23. The molecule has 1 saturated heterocycles. The van der Waals surface area contributed by atoms with Crippen molar-refractivity contribution in [3.05, 3.63) is 24.7 Å². The van der Waals surface area contributed by atoms with Crippen LogP contribution in [0.25, 0.3) is 0 Å². The van der Waals surface area contributed by atoms with Gasteiger partial charge in [0.1, 0.15) is 0 Å². The number of nitrogens with one attached hydrogen (secondary N) is 1. The van der Waals surface area contributed by atoms with Crippen LogP contribution in [0.1, 0.15) is 0 Å². The Kier molecular flexibility index (Phi) is 4.18. The van der Waals surface area contributed by atoms with Crippen molar-refractivity contribution in [1.82, 2.24) is 24.5 Å². The van der Waals surface area contributed by atoms with Gasteiger partial charge in [0.05, 0.1) is 12.5 Å². The largest absolute Gasteiger partial charge is 0.361 e. The van der Waals surface area contributed by atoms with Gasteiger partial charge in [-0.1, -0.05) is 0 Å². The summed E-state index contributed by atoms with van der Waals surface area (Å²) in [6, 6.07) is 3.80. The molecule has 0 radical (unpaired) electrons. The minimum Gasteiger partial charge on any atom is -0.361 e. The van der Waals surface area contributed by atoms with Gasteiger partial charge in [-0.25, -0.2) is 13.4 Å². The summed E-state index contributed by atoms with van der Waals surface area (Å²) in [6.07, 6.45) is 2.69. The van der Waals surface area contributed by atoms with Crippen molar-refractivity contribution in [3.8, 4) is 0 Å². The second kappa shape index (κ2) is 6.13. The maximum Gasteiger partial charge on any atom is 0.260 e. The predicted molar refractivity (Wildman–Crippen MR) is 85.9 cm³/mol. The third kappa shape index (κ3) is 3.13. The van der Waals surface area contributed by atoms with Gasteiger partial charge in [0.2, 0.25) is 0 Å². The Hall–Kier alpha value is -2.20. The topological polar surface area (TPSA) is 98.3 Å². The number of anilines is 2. The molecule has 0 aromatic carbocycles. The standard InChI is InChI=1S/C13H19N7O2S/c1-18(2)11-3-4-12(17-16-11)19-5-7-20(8-6-19)23(21,22)13-9-14-10-15-13/h3-4,9-10H,5-8H2,1-2H3,(H,14,15). The van der Waals surface area contributed by atoms with Crippen LogP contribution in [0.15, 0.2) is 29.7 Å². The van der Waals surface area contributed by atoms with Gasteiger partial charge in [0, 0.05) is 40.3 Å². The number of imidazole rings is 1. The van der Waals surface area contributed by atoms with Crippen LogP contribution in [0.3, 0.4) is 0 Å². The number of hydrogen-bond donors (Lipinski definition) is 1. The SMILES string of the molecule is CN(C)c1ccc(N2CCN(S(=O)(=O)c3cnc[nH]3)CC2)nn1. The van der Waals surface area contributed by atoms with Gasteiger partial charge in [-0.15, -0.1) is 10.2 Å². The van der Waals surface area contributed by atoms with Crippen molar-refractivity contribution in [2.24, 2.45) is 0 Å². The minimum atomic E-state index is -3.50. The van der Waals surface area contributed by atoms with E-state index >= 15 is 0 Å². The van der Waals surface area contributed by atoms with E-state index < -0.39 is 10.0 Å². The van der Waals surface area contributed by atoms with E-state index in [1.165, 1.54) is 16.8 Å². The molecule has 1 fully saturated rings. The molecule has 0 unspecified atom stereocenters. The summed E-state index contributed by atoms with van der Waals surface area (Å²) in [5.41, 5.74) is 0. The molecular weight excluding hydrogens is 318 g/mol. The lowest BCUT2D eigenvalue weighted by Gasteiger charge is -2.34. The molecule has 9 nitrogen and oxygen atoms in total. The Morgan fingerprint density at radius 1 is 1.13 bits per heavy atom. The first-order valence-corrected chi connectivity index (χ1v) is 8.67. The van der Waals surface area contributed by atoms with E-state index in [0.29, 0.717) is 26.2 Å². The summed E-state index contributed by atoms with van der Waals surface area (Å²) in [6.45, 7) is 1.95. The van der Waals surface area contributed by atoms with Gasteiger partial charge >= 0.3 is 0 Å². The highest BCUT2D eigenvalue weighted by molar-refractivity contribution is 7.89. The van der Waals surface area contributed by atoms with Crippen LogP contribution in [0, 0.1) is 0 Å². The van der Waals surface area contributed by atoms with Gasteiger partial charge in [0.15, 0.2) is 16.7 Å². The maximum atomic E-state index is 12.4. The number of aromatic amines is 1. The Labute approximate surface area is 135 Å². The van der Waals surface area contributed by atoms with Gasteiger partial charge in [-0.2, -0.15) is 4.31 Å². The third-order valence-electron chi connectivity index (χ3n) is 3.75. The Morgan fingerprint density at radius 3 is 2.39 bits per heavy atom. The molecular formula is C13H19N7O2S. The Bertz CT molecular complexity index is 735. The third-order valence-corrected chi connectivity index (χ3v) is 5.57. The van der Waals surface area contributed by atoms with E-state index in [-0.39, 0.29) is 5.03 Å². The molecule has 2 aromatic heterocycles. The number of piperazine rings is 1. The van der Waals surface area contributed by atoms with Gasteiger partial charge < -0.3 is 14.8 Å². The molecule has 1 aliphatic heterocycles. The highest BCUT2D eigenvalue weighted by atomic mass is 32.2. The second-order valence-electron chi connectivity index (χ2n) is 5.45. The van der Waals surface area contributed by atoms with Crippen LogP contribution in [0.4, 0.5) is 11.6 Å². The van der Waals surface area contributed by atoms with E-state index in [9.17, 15) is 8.42 Å². The van der Waals surface area contributed by atoms with E-state index in [2.05, 4.69) is 20.2 Å². The van der Waals surface area contributed by atoms with Gasteiger partial charge in [0.25, 0.3) is 10.0 Å². The normalized spacial score (nSPS) is 16.5. The predicted octanol–water partition coefficient (Wildman–Crippen LogP) is -0.223. The van der Waals surface area contributed by atoms with Crippen molar-refractivity contribution in [2.75, 3.05) is 50.1 Å².